The molecule has 152 valence electrons. The highest BCUT2D eigenvalue weighted by Gasteiger charge is 2.32. The van der Waals surface area contributed by atoms with Crippen LogP contribution in [0.3, 0.4) is 0 Å². The van der Waals surface area contributed by atoms with Crippen LogP contribution < -0.4 is 5.32 Å². The minimum absolute atomic E-state index is 0.107. The number of aromatic nitrogens is 3. The van der Waals surface area contributed by atoms with E-state index in [1.807, 2.05) is 4.90 Å². The Kier molecular flexibility index (Phi) is 5.74. The quantitative estimate of drug-likeness (QED) is 0.849. The minimum Gasteiger partial charge on any atom is -0.367 e. The van der Waals surface area contributed by atoms with Gasteiger partial charge in [-0.3, -0.25) is 4.79 Å². The molecular weight excluding hydrogens is 368 g/mol. The fraction of sp³-hybridized carbons (Fsp3) is 0.571. The van der Waals surface area contributed by atoms with Crippen molar-refractivity contribution in [3.8, 4) is 6.07 Å². The van der Waals surface area contributed by atoms with Gasteiger partial charge >= 0.3 is 0 Å². The van der Waals surface area contributed by atoms with E-state index in [0.29, 0.717) is 17.5 Å². The van der Waals surface area contributed by atoms with Gasteiger partial charge in [-0.25, -0.2) is 4.98 Å². The van der Waals surface area contributed by atoms with Gasteiger partial charge in [-0.05, 0) is 50.7 Å². The van der Waals surface area contributed by atoms with Gasteiger partial charge in [0.05, 0.1) is 11.6 Å². The highest BCUT2D eigenvalue weighted by Crippen LogP contribution is 2.31. The lowest BCUT2D eigenvalue weighted by Gasteiger charge is -2.36. The summed E-state index contributed by atoms with van der Waals surface area (Å²) in [6.07, 6.45) is 7.08. The smallest absolute Gasteiger partial charge is 0.225 e. The summed E-state index contributed by atoms with van der Waals surface area (Å²) in [4.78, 5) is 23.6. The molecule has 0 unspecified atom stereocenters. The summed E-state index contributed by atoms with van der Waals surface area (Å²) in [6.45, 7) is 3.33. The van der Waals surface area contributed by atoms with Crippen molar-refractivity contribution in [1.82, 2.24) is 20.0 Å². The number of carbonyl (C=O) groups excluding carboxylic acids is 1. The van der Waals surface area contributed by atoms with E-state index in [2.05, 4.69) is 26.5 Å². The fourth-order valence-electron chi connectivity index (χ4n) is 4.37. The Morgan fingerprint density at radius 3 is 2.66 bits per heavy atom. The molecule has 2 aliphatic rings. The molecule has 0 aromatic carbocycles. The number of piperidine rings is 1. The second-order valence-corrected chi connectivity index (χ2v) is 8.01. The Hall–Kier alpha value is -2.95. The van der Waals surface area contributed by atoms with E-state index in [4.69, 9.17) is 9.78 Å². The summed E-state index contributed by atoms with van der Waals surface area (Å²) in [5.74, 6) is 2.78. The van der Waals surface area contributed by atoms with Gasteiger partial charge < -0.3 is 14.7 Å². The summed E-state index contributed by atoms with van der Waals surface area (Å²) in [6, 6.07) is 5.90. The Balaban J connectivity index is 1.24. The lowest BCUT2D eigenvalue weighted by atomic mass is 9.84. The van der Waals surface area contributed by atoms with Gasteiger partial charge in [0.1, 0.15) is 5.82 Å². The number of hydrogen-bond donors (Lipinski definition) is 1. The van der Waals surface area contributed by atoms with E-state index in [-0.39, 0.29) is 17.7 Å². The van der Waals surface area contributed by atoms with Crippen LogP contribution in [-0.2, 0) is 4.79 Å². The van der Waals surface area contributed by atoms with Crippen LogP contribution in [0.15, 0.2) is 22.9 Å². The van der Waals surface area contributed by atoms with Crippen LogP contribution in [0.25, 0.3) is 0 Å². The van der Waals surface area contributed by atoms with Crippen molar-refractivity contribution < 1.29 is 9.32 Å². The van der Waals surface area contributed by atoms with Crippen LogP contribution in [0, 0.1) is 24.2 Å². The number of pyridine rings is 1. The van der Waals surface area contributed by atoms with Crippen molar-refractivity contribution in [1.29, 1.82) is 5.26 Å². The molecule has 29 heavy (non-hydrogen) atoms. The number of nitrogens with one attached hydrogen (secondary N) is 1. The third kappa shape index (κ3) is 4.56. The average Bonchev–Trinajstić information content (AvgIpc) is 3.20. The van der Waals surface area contributed by atoms with Crippen molar-refractivity contribution >= 4 is 11.7 Å². The fourth-order valence-corrected chi connectivity index (χ4v) is 4.37. The molecule has 1 amide bonds. The summed E-state index contributed by atoms with van der Waals surface area (Å²) in [7, 11) is 0. The predicted octanol–water partition coefficient (Wildman–Crippen LogP) is 3.02. The molecule has 1 N–H and O–H groups in total. The van der Waals surface area contributed by atoms with E-state index in [0.717, 1.165) is 63.3 Å². The van der Waals surface area contributed by atoms with Crippen LogP contribution in [0.1, 0.15) is 61.7 Å². The van der Waals surface area contributed by atoms with E-state index in [9.17, 15) is 4.79 Å². The number of hydrogen-bond acceptors (Lipinski definition) is 7. The van der Waals surface area contributed by atoms with Crippen LogP contribution >= 0.6 is 0 Å². The number of amides is 1. The monoisotopic (exact) mass is 394 g/mol. The first-order valence-corrected chi connectivity index (χ1v) is 10.3. The van der Waals surface area contributed by atoms with Crippen LogP contribution in [0.4, 0.5) is 5.82 Å². The first-order valence-electron chi connectivity index (χ1n) is 10.3. The first-order chi connectivity index (χ1) is 14.1. The molecule has 3 heterocycles. The predicted molar refractivity (Wildman–Crippen MR) is 106 cm³/mol. The van der Waals surface area contributed by atoms with E-state index in [1.165, 1.54) is 0 Å². The molecule has 2 fully saturated rings. The van der Waals surface area contributed by atoms with E-state index in [1.54, 1.807) is 25.3 Å². The van der Waals surface area contributed by atoms with Crippen LogP contribution in [0.5, 0.6) is 0 Å². The van der Waals surface area contributed by atoms with Crippen molar-refractivity contribution in [2.75, 3.05) is 18.4 Å². The van der Waals surface area contributed by atoms with Crippen molar-refractivity contribution in [3.05, 3.63) is 35.6 Å². The minimum atomic E-state index is 0.107. The number of rotatable bonds is 4. The lowest BCUT2D eigenvalue weighted by molar-refractivity contribution is -0.137. The van der Waals surface area contributed by atoms with Gasteiger partial charge in [0.15, 0.2) is 5.82 Å². The van der Waals surface area contributed by atoms with Crippen molar-refractivity contribution in [2.24, 2.45) is 5.92 Å². The zero-order valence-electron chi connectivity index (χ0n) is 16.7. The van der Waals surface area contributed by atoms with Gasteiger partial charge in [-0.15, -0.1) is 0 Å². The molecule has 8 nitrogen and oxygen atoms in total. The zero-order valence-corrected chi connectivity index (χ0v) is 16.7. The largest absolute Gasteiger partial charge is 0.367 e. The lowest BCUT2D eigenvalue weighted by Crippen LogP contribution is -2.43. The third-order valence-corrected chi connectivity index (χ3v) is 6.03. The molecule has 1 aliphatic carbocycles. The van der Waals surface area contributed by atoms with E-state index >= 15 is 0 Å². The highest BCUT2D eigenvalue weighted by atomic mass is 16.5. The zero-order chi connectivity index (χ0) is 20.2. The molecule has 0 bridgehead atoms. The molecule has 0 radical (unpaired) electrons. The number of nitrogens with zero attached hydrogens (tertiary/aromatic N) is 5. The van der Waals surface area contributed by atoms with Gasteiger partial charge in [0.25, 0.3) is 0 Å². The summed E-state index contributed by atoms with van der Waals surface area (Å²) in [5.41, 5.74) is 0.603. The molecule has 0 spiro atoms. The molecule has 2 aromatic heterocycles. The van der Waals surface area contributed by atoms with Gasteiger partial charge in [0.2, 0.25) is 11.8 Å². The Morgan fingerprint density at radius 1 is 1.24 bits per heavy atom. The molecule has 0 atom stereocenters. The normalized spacial score (nSPS) is 22.8. The SMILES string of the molecule is Cc1nc(C2CCN(C(=O)C3CCC(Nc4cc(C#N)ccn4)CC3)CC2)no1. The maximum Gasteiger partial charge on any atom is 0.225 e. The molecule has 1 aliphatic heterocycles. The third-order valence-electron chi connectivity index (χ3n) is 6.03. The van der Waals surface area contributed by atoms with Crippen LogP contribution in [-0.4, -0.2) is 45.1 Å². The summed E-state index contributed by atoms with van der Waals surface area (Å²) < 4.78 is 5.08. The van der Waals surface area contributed by atoms with E-state index < -0.39 is 0 Å². The number of carbonyl (C=O) groups is 1. The van der Waals surface area contributed by atoms with Crippen molar-refractivity contribution in [2.45, 2.75) is 57.4 Å². The van der Waals surface area contributed by atoms with Crippen LogP contribution in [0.2, 0.25) is 0 Å². The van der Waals surface area contributed by atoms with Gasteiger partial charge in [-0.1, -0.05) is 5.16 Å². The second-order valence-electron chi connectivity index (χ2n) is 8.01. The standard InChI is InChI=1S/C21H26N6O2/c1-14-24-20(26-29-14)16-7-10-27(11-8-16)21(28)17-2-4-18(5-3-17)25-19-12-15(13-22)6-9-23-19/h6,9,12,16-18H,2-5,7-8,10-11H2,1H3,(H,23,25). The number of aryl methyl sites for hydroxylation is 1. The van der Waals surface area contributed by atoms with Crippen molar-refractivity contribution in [3.63, 3.8) is 0 Å². The number of anilines is 1. The maximum atomic E-state index is 13.0. The topological polar surface area (TPSA) is 108 Å². The number of nitriles is 1. The number of likely N-dealkylation sites (tertiary alicyclic amines) is 1. The van der Waals surface area contributed by atoms with Gasteiger partial charge in [-0.2, -0.15) is 10.2 Å². The molecule has 1 saturated heterocycles. The molecule has 8 heteroatoms. The average molecular weight is 394 g/mol. The van der Waals surface area contributed by atoms with Gasteiger partial charge in [0, 0.05) is 44.1 Å². The molecule has 2 aromatic rings. The molecular formula is C21H26N6O2. The Labute approximate surface area is 170 Å². The maximum absolute atomic E-state index is 13.0. The first kappa shape index (κ1) is 19.4. The second kappa shape index (κ2) is 8.60. The highest BCUT2D eigenvalue weighted by molar-refractivity contribution is 5.79. The molecule has 4 rings (SSSR count). The molecule has 1 saturated carbocycles. The Bertz CT molecular complexity index is 889. The summed E-state index contributed by atoms with van der Waals surface area (Å²) >= 11 is 0. The Morgan fingerprint density at radius 2 is 2.00 bits per heavy atom. The summed E-state index contributed by atoms with van der Waals surface area (Å²) in [5, 5.41) is 16.5.